The predicted molar refractivity (Wildman–Crippen MR) is 79.5 cm³/mol. The molecule has 0 radical (unpaired) electrons. The third kappa shape index (κ3) is 2.75. The van der Waals surface area contributed by atoms with Crippen LogP contribution in [0.4, 0.5) is 0 Å². The summed E-state index contributed by atoms with van der Waals surface area (Å²) in [6, 6.07) is 7.33. The lowest BCUT2D eigenvalue weighted by molar-refractivity contribution is -0.150. The predicted octanol–water partition coefficient (Wildman–Crippen LogP) is 2.52. The Labute approximate surface area is 126 Å². The van der Waals surface area contributed by atoms with E-state index < -0.39 is 6.04 Å². The van der Waals surface area contributed by atoms with Crippen LogP contribution in [-0.2, 0) is 14.3 Å². The van der Waals surface area contributed by atoms with Crippen LogP contribution in [0, 0.1) is 3.57 Å². The van der Waals surface area contributed by atoms with Crippen molar-refractivity contribution in [3.05, 3.63) is 33.4 Å². The van der Waals surface area contributed by atoms with Crippen LogP contribution in [0.2, 0.25) is 0 Å². The average Bonchev–Trinajstić information content (AvgIpc) is 2.79. The molecule has 1 aromatic carbocycles. The van der Waals surface area contributed by atoms with E-state index in [-0.39, 0.29) is 17.9 Å². The number of carbonyl (C=O) groups is 2. The van der Waals surface area contributed by atoms with Gasteiger partial charge in [-0.2, -0.15) is 0 Å². The molecule has 19 heavy (non-hydrogen) atoms. The monoisotopic (exact) mass is 373 g/mol. The number of ether oxygens (including phenoxy) is 1. The van der Waals surface area contributed by atoms with E-state index in [0.29, 0.717) is 12.8 Å². The SMILES string of the molecule is COC(=O)C1CCC(=O)N1C(C)c1ccccc1I. The topological polar surface area (TPSA) is 46.6 Å². The molecule has 2 unspecified atom stereocenters. The highest BCUT2D eigenvalue weighted by Crippen LogP contribution is 2.32. The van der Waals surface area contributed by atoms with E-state index in [0.717, 1.165) is 9.13 Å². The lowest BCUT2D eigenvalue weighted by Crippen LogP contribution is -2.41. The first-order valence-corrected chi connectivity index (χ1v) is 7.27. The molecule has 4 nitrogen and oxygen atoms in total. The Balaban J connectivity index is 2.30. The Hall–Kier alpha value is -1.11. The van der Waals surface area contributed by atoms with Crippen molar-refractivity contribution in [3.63, 3.8) is 0 Å². The van der Waals surface area contributed by atoms with Crippen molar-refractivity contribution >= 4 is 34.5 Å². The number of rotatable bonds is 3. The van der Waals surface area contributed by atoms with Gasteiger partial charge in [0.05, 0.1) is 13.2 Å². The van der Waals surface area contributed by atoms with Crippen molar-refractivity contribution < 1.29 is 14.3 Å². The molecule has 1 amide bonds. The van der Waals surface area contributed by atoms with Gasteiger partial charge in [0.15, 0.2) is 0 Å². The summed E-state index contributed by atoms with van der Waals surface area (Å²) < 4.78 is 5.89. The summed E-state index contributed by atoms with van der Waals surface area (Å²) in [5, 5.41) is 0. The molecule has 0 spiro atoms. The van der Waals surface area contributed by atoms with Gasteiger partial charge in [0.25, 0.3) is 0 Å². The molecular weight excluding hydrogens is 357 g/mol. The first-order valence-electron chi connectivity index (χ1n) is 6.19. The molecule has 1 heterocycles. The van der Waals surface area contributed by atoms with Crippen LogP contribution in [0.15, 0.2) is 24.3 Å². The van der Waals surface area contributed by atoms with Crippen LogP contribution in [0.5, 0.6) is 0 Å². The molecule has 5 heteroatoms. The van der Waals surface area contributed by atoms with Gasteiger partial charge in [0, 0.05) is 9.99 Å². The van der Waals surface area contributed by atoms with Crippen molar-refractivity contribution in [1.29, 1.82) is 0 Å². The second-order valence-corrected chi connectivity index (χ2v) is 5.74. The van der Waals surface area contributed by atoms with Gasteiger partial charge >= 0.3 is 5.97 Å². The summed E-state index contributed by atoms with van der Waals surface area (Å²) in [6.07, 6.45) is 0.951. The third-order valence-electron chi connectivity index (χ3n) is 3.50. The van der Waals surface area contributed by atoms with E-state index in [1.165, 1.54) is 7.11 Å². The Kier molecular flexibility index (Phi) is 4.44. The molecule has 102 valence electrons. The van der Waals surface area contributed by atoms with Gasteiger partial charge in [0.1, 0.15) is 6.04 Å². The van der Waals surface area contributed by atoms with Crippen LogP contribution < -0.4 is 0 Å². The van der Waals surface area contributed by atoms with Crippen LogP contribution in [0.1, 0.15) is 31.4 Å². The molecule has 0 aliphatic carbocycles. The zero-order valence-electron chi connectivity index (χ0n) is 10.9. The summed E-state index contributed by atoms with van der Waals surface area (Å²) in [5.74, 6) is -0.314. The largest absolute Gasteiger partial charge is 0.467 e. The first kappa shape index (κ1) is 14.3. The normalized spacial score (nSPS) is 20.5. The zero-order chi connectivity index (χ0) is 14.0. The minimum absolute atomic E-state index is 0.0163. The number of halogens is 1. The number of likely N-dealkylation sites (tertiary alicyclic amines) is 1. The van der Waals surface area contributed by atoms with Crippen molar-refractivity contribution in [1.82, 2.24) is 4.90 Å². The second-order valence-electron chi connectivity index (χ2n) is 4.58. The van der Waals surface area contributed by atoms with E-state index in [4.69, 9.17) is 4.74 Å². The molecule has 1 aromatic rings. The Morgan fingerprint density at radius 2 is 2.16 bits per heavy atom. The van der Waals surface area contributed by atoms with Gasteiger partial charge < -0.3 is 9.64 Å². The highest BCUT2D eigenvalue weighted by molar-refractivity contribution is 14.1. The molecule has 2 rings (SSSR count). The van der Waals surface area contributed by atoms with Crippen molar-refractivity contribution in [2.24, 2.45) is 0 Å². The fourth-order valence-electron chi connectivity index (χ4n) is 2.52. The Bertz CT molecular complexity index is 503. The molecule has 1 saturated heterocycles. The Morgan fingerprint density at radius 3 is 2.79 bits per heavy atom. The Morgan fingerprint density at radius 1 is 1.47 bits per heavy atom. The van der Waals surface area contributed by atoms with Gasteiger partial charge in [-0.25, -0.2) is 4.79 Å². The molecule has 0 saturated carbocycles. The van der Waals surface area contributed by atoms with E-state index in [2.05, 4.69) is 22.6 Å². The molecule has 2 atom stereocenters. The number of hydrogen-bond acceptors (Lipinski definition) is 3. The molecule has 1 aliphatic heterocycles. The lowest BCUT2D eigenvalue weighted by Gasteiger charge is -2.30. The number of nitrogens with zero attached hydrogens (tertiary/aromatic N) is 1. The van der Waals surface area contributed by atoms with Crippen LogP contribution in [-0.4, -0.2) is 29.9 Å². The summed E-state index contributed by atoms with van der Waals surface area (Å²) in [6.45, 7) is 1.96. The maximum atomic E-state index is 12.0. The lowest BCUT2D eigenvalue weighted by atomic mass is 10.1. The van der Waals surface area contributed by atoms with Crippen molar-refractivity contribution in [2.75, 3.05) is 7.11 Å². The highest BCUT2D eigenvalue weighted by atomic mass is 127. The van der Waals surface area contributed by atoms with Gasteiger partial charge in [-0.1, -0.05) is 18.2 Å². The fraction of sp³-hybridized carbons (Fsp3) is 0.429. The van der Waals surface area contributed by atoms with Gasteiger partial charge in [-0.05, 0) is 47.6 Å². The minimum Gasteiger partial charge on any atom is -0.467 e. The maximum Gasteiger partial charge on any atom is 0.328 e. The van der Waals surface area contributed by atoms with E-state index in [1.54, 1.807) is 4.90 Å². The number of benzene rings is 1. The summed E-state index contributed by atoms with van der Waals surface area (Å²) in [5.41, 5.74) is 1.06. The molecule has 0 aromatic heterocycles. The smallest absolute Gasteiger partial charge is 0.328 e. The fourth-order valence-corrected chi connectivity index (χ4v) is 3.36. The van der Waals surface area contributed by atoms with E-state index in [1.807, 2.05) is 31.2 Å². The standard InChI is InChI=1S/C14H16INO3/c1-9(10-5-3-4-6-11(10)15)16-12(14(18)19-2)7-8-13(16)17/h3-6,9,12H,7-8H2,1-2H3. The number of hydrogen-bond donors (Lipinski definition) is 0. The van der Waals surface area contributed by atoms with E-state index >= 15 is 0 Å². The van der Waals surface area contributed by atoms with Crippen LogP contribution in [0.3, 0.4) is 0 Å². The highest BCUT2D eigenvalue weighted by Gasteiger charge is 2.40. The summed E-state index contributed by atoms with van der Waals surface area (Å²) >= 11 is 2.25. The van der Waals surface area contributed by atoms with Crippen molar-refractivity contribution in [2.45, 2.75) is 31.8 Å². The van der Waals surface area contributed by atoms with Crippen LogP contribution in [0.25, 0.3) is 0 Å². The minimum atomic E-state index is -0.455. The third-order valence-corrected chi connectivity index (χ3v) is 4.48. The first-order chi connectivity index (χ1) is 9.06. The number of carbonyl (C=O) groups excluding carboxylic acids is 2. The average molecular weight is 373 g/mol. The van der Waals surface area contributed by atoms with Crippen molar-refractivity contribution in [3.8, 4) is 0 Å². The summed E-state index contributed by atoms with van der Waals surface area (Å²) in [4.78, 5) is 25.5. The molecule has 0 N–H and O–H groups in total. The summed E-state index contributed by atoms with van der Waals surface area (Å²) in [7, 11) is 1.36. The molecule has 0 bridgehead atoms. The van der Waals surface area contributed by atoms with Gasteiger partial charge in [0.2, 0.25) is 5.91 Å². The molecule has 1 aliphatic rings. The number of amides is 1. The van der Waals surface area contributed by atoms with Gasteiger partial charge in [-0.3, -0.25) is 4.79 Å². The quantitative estimate of drug-likeness (QED) is 0.604. The molecule has 1 fully saturated rings. The molecular formula is C14H16INO3. The van der Waals surface area contributed by atoms with E-state index in [9.17, 15) is 9.59 Å². The maximum absolute atomic E-state index is 12.0. The van der Waals surface area contributed by atoms with Gasteiger partial charge in [-0.15, -0.1) is 0 Å². The van der Waals surface area contributed by atoms with Crippen LogP contribution >= 0.6 is 22.6 Å². The number of esters is 1. The zero-order valence-corrected chi connectivity index (χ0v) is 13.1. The number of methoxy groups -OCH3 is 1. The second kappa shape index (κ2) is 5.90.